The summed E-state index contributed by atoms with van der Waals surface area (Å²) >= 11 is 14.5. The summed E-state index contributed by atoms with van der Waals surface area (Å²) in [5.74, 6) is 0.844. The quantitative estimate of drug-likeness (QED) is 0.103. The van der Waals surface area contributed by atoms with Crippen LogP contribution in [0.25, 0.3) is 5.57 Å². The fraction of sp³-hybridized carbons (Fsp3) is 0.450. The van der Waals surface area contributed by atoms with E-state index in [1.165, 1.54) is 25.5 Å². The first-order chi connectivity index (χ1) is 24.6. The molecule has 2 atom stereocenters. The molecule has 2 aliphatic rings. The van der Waals surface area contributed by atoms with E-state index in [0.717, 1.165) is 37.2 Å². The number of hydrogen-bond donors (Lipinski definition) is 3. The molecule has 2 aromatic carbocycles. The molecule has 0 radical (unpaired) electrons. The molecule has 3 aromatic rings. The van der Waals surface area contributed by atoms with Gasteiger partial charge in [-0.1, -0.05) is 60.5 Å². The first-order valence-electron chi connectivity index (χ1n) is 17.5. The highest BCUT2D eigenvalue weighted by atomic mass is 35.5. The van der Waals surface area contributed by atoms with Crippen molar-refractivity contribution in [3.63, 3.8) is 0 Å². The zero-order valence-corrected chi connectivity index (χ0v) is 30.9. The summed E-state index contributed by atoms with van der Waals surface area (Å²) in [6.45, 7) is 7.27. The SMILES string of the molecule is CC(CO)(CO)NCc1cc(Cl)c(OCC2(OCCCN3CCCCC3)C=CC=C(c3ccccc3)C2(C)Cl)cc1OCc1cncc(C#N)c1. The minimum atomic E-state index is -1.05. The van der Waals surface area contributed by atoms with Gasteiger partial charge in [-0.25, -0.2) is 0 Å². The number of aliphatic hydroxyl groups is 2. The number of nitriles is 1. The van der Waals surface area contributed by atoms with Gasteiger partial charge in [-0.15, -0.1) is 11.6 Å². The summed E-state index contributed by atoms with van der Waals surface area (Å²) in [7, 11) is 0. The van der Waals surface area contributed by atoms with E-state index in [1.807, 2.05) is 55.5 Å². The Labute approximate surface area is 311 Å². The van der Waals surface area contributed by atoms with Crippen LogP contribution in [0.3, 0.4) is 0 Å². The van der Waals surface area contributed by atoms with Crippen LogP contribution in [0, 0.1) is 11.3 Å². The molecular formula is C40H48Cl2N4O5. The van der Waals surface area contributed by atoms with E-state index >= 15 is 0 Å². The molecular weight excluding hydrogens is 687 g/mol. The van der Waals surface area contributed by atoms with Crippen molar-refractivity contribution in [2.75, 3.05) is 46.1 Å². The zero-order chi connectivity index (χ0) is 36.3. The van der Waals surface area contributed by atoms with Crippen LogP contribution in [0.5, 0.6) is 11.5 Å². The Morgan fingerprint density at radius 2 is 1.80 bits per heavy atom. The smallest absolute Gasteiger partial charge is 0.143 e. The monoisotopic (exact) mass is 734 g/mol. The molecule has 1 saturated heterocycles. The Bertz CT molecular complexity index is 1700. The molecule has 0 bridgehead atoms. The van der Waals surface area contributed by atoms with E-state index in [-0.39, 0.29) is 33.0 Å². The van der Waals surface area contributed by atoms with Gasteiger partial charge in [-0.2, -0.15) is 5.26 Å². The van der Waals surface area contributed by atoms with E-state index in [2.05, 4.69) is 21.3 Å². The van der Waals surface area contributed by atoms with Crippen molar-refractivity contribution in [1.82, 2.24) is 15.2 Å². The Balaban J connectivity index is 1.41. The molecule has 2 heterocycles. The molecule has 1 aliphatic carbocycles. The van der Waals surface area contributed by atoms with Crippen LogP contribution in [0.15, 0.2) is 79.2 Å². The second-order valence-electron chi connectivity index (χ2n) is 13.7. The number of rotatable bonds is 17. The van der Waals surface area contributed by atoms with Crippen molar-refractivity contribution in [2.45, 2.75) is 68.7 Å². The van der Waals surface area contributed by atoms with Crippen LogP contribution >= 0.6 is 23.2 Å². The van der Waals surface area contributed by atoms with E-state index in [1.54, 1.807) is 31.3 Å². The van der Waals surface area contributed by atoms with Crippen LogP contribution in [0.2, 0.25) is 5.02 Å². The number of allylic oxidation sites excluding steroid dienone is 2. The fourth-order valence-electron chi connectivity index (χ4n) is 6.36. The number of benzene rings is 2. The third kappa shape index (κ3) is 9.70. The van der Waals surface area contributed by atoms with E-state index < -0.39 is 16.0 Å². The van der Waals surface area contributed by atoms with Crippen LogP contribution < -0.4 is 14.8 Å². The second kappa shape index (κ2) is 17.8. The van der Waals surface area contributed by atoms with Gasteiger partial charge in [0.15, 0.2) is 0 Å². The molecule has 0 amide bonds. The maximum atomic E-state index is 9.86. The average molecular weight is 736 g/mol. The number of pyridine rings is 1. The number of aliphatic hydroxyl groups excluding tert-OH is 2. The Hall–Kier alpha value is -3.46. The average Bonchev–Trinajstić information content (AvgIpc) is 3.16. The molecule has 1 aromatic heterocycles. The molecule has 11 heteroatoms. The molecule has 272 valence electrons. The molecule has 1 aliphatic heterocycles. The first kappa shape index (κ1) is 38.8. The molecule has 2 unspecified atom stereocenters. The fourth-order valence-corrected chi connectivity index (χ4v) is 6.95. The van der Waals surface area contributed by atoms with E-state index in [9.17, 15) is 15.5 Å². The minimum absolute atomic E-state index is 0.0649. The zero-order valence-electron chi connectivity index (χ0n) is 29.4. The van der Waals surface area contributed by atoms with Crippen molar-refractivity contribution >= 4 is 28.8 Å². The van der Waals surface area contributed by atoms with Crippen molar-refractivity contribution in [3.05, 3.63) is 106 Å². The summed E-state index contributed by atoms with van der Waals surface area (Å²) in [5, 5.41) is 32.6. The van der Waals surface area contributed by atoms with Crippen LogP contribution in [-0.4, -0.2) is 82.2 Å². The van der Waals surface area contributed by atoms with Gasteiger partial charge in [0.05, 0.1) is 29.3 Å². The van der Waals surface area contributed by atoms with Gasteiger partial charge in [0, 0.05) is 49.3 Å². The van der Waals surface area contributed by atoms with E-state index in [0.29, 0.717) is 39.8 Å². The third-order valence-corrected chi connectivity index (χ3v) is 10.5. The van der Waals surface area contributed by atoms with Gasteiger partial charge in [0.2, 0.25) is 0 Å². The predicted molar refractivity (Wildman–Crippen MR) is 201 cm³/mol. The Kier molecular flexibility index (Phi) is 13.6. The number of hydrogen-bond acceptors (Lipinski definition) is 9. The number of piperidine rings is 1. The van der Waals surface area contributed by atoms with Crippen molar-refractivity contribution < 1.29 is 24.4 Å². The summed E-state index contributed by atoms with van der Waals surface area (Å²) in [6, 6.07) is 17.3. The highest BCUT2D eigenvalue weighted by Crippen LogP contribution is 2.47. The Morgan fingerprint density at radius 3 is 2.53 bits per heavy atom. The number of halogens is 2. The van der Waals surface area contributed by atoms with Gasteiger partial charge in [0.1, 0.15) is 41.3 Å². The van der Waals surface area contributed by atoms with Gasteiger partial charge in [0.25, 0.3) is 0 Å². The number of nitrogens with zero attached hydrogens (tertiary/aromatic N) is 3. The highest BCUT2D eigenvalue weighted by Gasteiger charge is 2.51. The number of nitrogens with one attached hydrogen (secondary N) is 1. The summed E-state index contributed by atoms with van der Waals surface area (Å²) in [6.07, 6.45) is 13.7. The molecule has 5 rings (SSSR count). The predicted octanol–water partition coefficient (Wildman–Crippen LogP) is 6.68. The van der Waals surface area contributed by atoms with Crippen LogP contribution in [0.4, 0.5) is 0 Å². The second-order valence-corrected chi connectivity index (χ2v) is 14.9. The maximum absolute atomic E-state index is 9.86. The largest absolute Gasteiger partial charge is 0.488 e. The van der Waals surface area contributed by atoms with Crippen molar-refractivity contribution in [3.8, 4) is 17.6 Å². The standard InChI is InChI=1S/C40H48Cl2N4O5/c1-38(27-47,28-48)45-25-33-20-35(41)37(21-36(33)49-26-31-19-30(22-43)23-44-24-31)50-29-40(51-18-10-17-46-15-7-4-8-16-46)14-9-13-34(39(40,2)42)32-11-5-3-6-12-32/h3,5-6,9,11-14,19-21,23-24,45,47-48H,4,7-8,10,15-18,25-29H2,1-2H3. The molecule has 9 nitrogen and oxygen atoms in total. The minimum Gasteiger partial charge on any atom is -0.488 e. The maximum Gasteiger partial charge on any atom is 0.143 e. The highest BCUT2D eigenvalue weighted by molar-refractivity contribution is 6.32. The molecule has 0 saturated carbocycles. The number of likely N-dealkylation sites (tertiary alicyclic amines) is 1. The Morgan fingerprint density at radius 1 is 1.04 bits per heavy atom. The van der Waals surface area contributed by atoms with Crippen molar-refractivity contribution in [1.29, 1.82) is 5.26 Å². The first-order valence-corrected chi connectivity index (χ1v) is 18.3. The number of alkyl halides is 1. The van der Waals surface area contributed by atoms with Gasteiger partial charge >= 0.3 is 0 Å². The van der Waals surface area contributed by atoms with Gasteiger partial charge in [-0.05, 0) is 75.5 Å². The molecule has 3 N–H and O–H groups in total. The third-order valence-electron chi connectivity index (χ3n) is 9.72. The summed E-state index contributed by atoms with van der Waals surface area (Å²) in [4.78, 5) is 5.64. The summed E-state index contributed by atoms with van der Waals surface area (Å²) in [5.41, 5.74) is 1.77. The van der Waals surface area contributed by atoms with Crippen LogP contribution in [-0.2, 0) is 17.9 Å². The summed E-state index contributed by atoms with van der Waals surface area (Å²) < 4.78 is 19.6. The molecule has 1 fully saturated rings. The van der Waals surface area contributed by atoms with E-state index in [4.69, 9.17) is 37.4 Å². The van der Waals surface area contributed by atoms with Gasteiger partial charge in [-0.3, -0.25) is 4.98 Å². The molecule has 0 spiro atoms. The van der Waals surface area contributed by atoms with Crippen molar-refractivity contribution in [2.24, 2.45) is 0 Å². The lowest BCUT2D eigenvalue weighted by molar-refractivity contribution is -0.0544. The lowest BCUT2D eigenvalue weighted by Gasteiger charge is -2.45. The lowest BCUT2D eigenvalue weighted by Crippen LogP contribution is -2.55. The topological polar surface area (TPSA) is 120 Å². The lowest BCUT2D eigenvalue weighted by atomic mass is 9.76. The van der Waals surface area contributed by atoms with Crippen LogP contribution in [0.1, 0.15) is 61.8 Å². The molecule has 51 heavy (non-hydrogen) atoms. The number of ether oxygens (including phenoxy) is 3. The number of aromatic nitrogens is 1. The normalized spacial score (nSPS) is 20.8. The van der Waals surface area contributed by atoms with Gasteiger partial charge < -0.3 is 34.6 Å².